The van der Waals surface area contributed by atoms with Crippen molar-refractivity contribution < 1.29 is 9.53 Å². The molecule has 19 heavy (non-hydrogen) atoms. The minimum absolute atomic E-state index is 0.362. The Hall–Kier alpha value is -2.62. The molecule has 0 radical (unpaired) electrons. The number of nitrogens with one attached hydrogen (secondary N) is 1. The van der Waals surface area contributed by atoms with E-state index in [2.05, 4.69) is 9.97 Å². The fraction of sp³-hybridized carbons (Fsp3) is 0.0667. The number of esters is 1. The number of aromatic amines is 1. The third-order valence-electron chi connectivity index (χ3n) is 3.02. The summed E-state index contributed by atoms with van der Waals surface area (Å²) in [7, 11) is 1.37. The van der Waals surface area contributed by atoms with Crippen molar-refractivity contribution >= 4 is 16.9 Å². The van der Waals surface area contributed by atoms with Gasteiger partial charge in [0, 0.05) is 28.9 Å². The maximum absolute atomic E-state index is 11.5. The number of H-pyrrole nitrogens is 1. The van der Waals surface area contributed by atoms with Crippen LogP contribution in [0.2, 0.25) is 0 Å². The van der Waals surface area contributed by atoms with E-state index in [1.165, 1.54) is 7.11 Å². The van der Waals surface area contributed by atoms with E-state index in [0.29, 0.717) is 5.69 Å². The van der Waals surface area contributed by atoms with Gasteiger partial charge in [-0.25, -0.2) is 4.79 Å². The molecular formula is C15H12N2O2. The Morgan fingerprint density at radius 3 is 2.84 bits per heavy atom. The van der Waals surface area contributed by atoms with E-state index in [-0.39, 0.29) is 5.97 Å². The first-order chi connectivity index (χ1) is 9.28. The second-order valence-corrected chi connectivity index (χ2v) is 4.22. The highest BCUT2D eigenvalue weighted by Gasteiger charge is 2.09. The van der Waals surface area contributed by atoms with Gasteiger partial charge in [0.15, 0.2) is 0 Å². The smallest absolute Gasteiger partial charge is 0.354 e. The van der Waals surface area contributed by atoms with Crippen molar-refractivity contribution in [1.82, 2.24) is 9.97 Å². The van der Waals surface area contributed by atoms with E-state index in [4.69, 9.17) is 4.74 Å². The number of fused-ring (bicyclic) bond motifs is 1. The summed E-state index contributed by atoms with van der Waals surface area (Å²) in [5.74, 6) is -0.362. The molecular weight excluding hydrogens is 240 g/mol. The second kappa shape index (κ2) is 4.57. The fourth-order valence-electron chi connectivity index (χ4n) is 2.06. The molecule has 3 aromatic rings. The van der Waals surface area contributed by atoms with Gasteiger partial charge < -0.3 is 9.72 Å². The van der Waals surface area contributed by atoms with Crippen LogP contribution >= 0.6 is 0 Å². The molecule has 0 bridgehead atoms. The maximum atomic E-state index is 11.5. The van der Waals surface area contributed by atoms with Crippen molar-refractivity contribution in [1.29, 1.82) is 0 Å². The topological polar surface area (TPSA) is 55.0 Å². The van der Waals surface area contributed by atoms with Gasteiger partial charge in [-0.15, -0.1) is 0 Å². The van der Waals surface area contributed by atoms with Crippen LogP contribution in [0.15, 0.2) is 48.8 Å². The monoisotopic (exact) mass is 252 g/mol. The van der Waals surface area contributed by atoms with Crippen LogP contribution in [0.1, 0.15) is 10.5 Å². The molecule has 2 aromatic heterocycles. The van der Waals surface area contributed by atoms with Gasteiger partial charge in [-0.2, -0.15) is 0 Å². The average molecular weight is 252 g/mol. The number of carbonyl (C=O) groups is 1. The van der Waals surface area contributed by atoms with Crippen LogP contribution < -0.4 is 0 Å². The van der Waals surface area contributed by atoms with Crippen molar-refractivity contribution in [3.63, 3.8) is 0 Å². The Labute approximate surface area is 110 Å². The Bertz CT molecular complexity index is 732. The molecule has 0 fully saturated rings. The average Bonchev–Trinajstić information content (AvgIpc) is 2.90. The van der Waals surface area contributed by atoms with Gasteiger partial charge in [0.25, 0.3) is 0 Å². The van der Waals surface area contributed by atoms with Crippen molar-refractivity contribution in [2.45, 2.75) is 0 Å². The molecule has 0 atom stereocenters. The van der Waals surface area contributed by atoms with Crippen LogP contribution in [0.5, 0.6) is 0 Å². The van der Waals surface area contributed by atoms with Gasteiger partial charge in [0.2, 0.25) is 0 Å². The van der Waals surface area contributed by atoms with Gasteiger partial charge in [-0.1, -0.05) is 18.2 Å². The van der Waals surface area contributed by atoms with Crippen LogP contribution in [0, 0.1) is 0 Å². The van der Waals surface area contributed by atoms with E-state index in [1.807, 2.05) is 36.5 Å². The highest BCUT2D eigenvalue weighted by atomic mass is 16.5. The van der Waals surface area contributed by atoms with E-state index in [0.717, 1.165) is 22.0 Å². The lowest BCUT2D eigenvalue weighted by Crippen LogP contribution is -2.00. The lowest BCUT2D eigenvalue weighted by atomic mass is 10.1. The number of hydrogen-bond acceptors (Lipinski definition) is 3. The molecule has 0 saturated carbocycles. The van der Waals surface area contributed by atoms with Crippen LogP contribution in [0.3, 0.4) is 0 Å². The van der Waals surface area contributed by atoms with Crippen molar-refractivity contribution in [3.05, 3.63) is 54.5 Å². The Morgan fingerprint density at radius 2 is 2.11 bits per heavy atom. The molecule has 4 nitrogen and oxygen atoms in total. The molecule has 0 aliphatic heterocycles. The summed E-state index contributed by atoms with van der Waals surface area (Å²) < 4.78 is 4.70. The number of rotatable bonds is 2. The number of pyridine rings is 1. The number of methoxy groups -OCH3 is 1. The molecule has 0 aliphatic rings. The standard InChI is InChI=1S/C15H12N2O2/c1-19-15(18)14-8-11-5-4-10(7-13(11)17-14)12-3-2-6-16-9-12/h2-9,17H,1H3. The molecule has 0 spiro atoms. The third-order valence-corrected chi connectivity index (χ3v) is 3.02. The highest BCUT2D eigenvalue weighted by molar-refractivity contribution is 5.95. The SMILES string of the molecule is COC(=O)c1cc2ccc(-c3cccnc3)cc2[nH]1. The lowest BCUT2D eigenvalue weighted by molar-refractivity contribution is 0.0595. The minimum Gasteiger partial charge on any atom is -0.464 e. The van der Waals surface area contributed by atoms with Gasteiger partial charge >= 0.3 is 5.97 Å². The molecule has 3 rings (SSSR count). The predicted octanol–water partition coefficient (Wildman–Crippen LogP) is 3.02. The summed E-state index contributed by atoms with van der Waals surface area (Å²) in [6.07, 6.45) is 3.55. The summed E-state index contributed by atoms with van der Waals surface area (Å²) in [5.41, 5.74) is 3.46. The molecule has 1 N–H and O–H groups in total. The van der Waals surface area contributed by atoms with Gasteiger partial charge in [0.1, 0.15) is 5.69 Å². The summed E-state index contributed by atoms with van der Waals surface area (Å²) in [6.45, 7) is 0. The zero-order valence-corrected chi connectivity index (χ0v) is 10.4. The highest BCUT2D eigenvalue weighted by Crippen LogP contribution is 2.24. The van der Waals surface area contributed by atoms with E-state index in [1.54, 1.807) is 12.3 Å². The van der Waals surface area contributed by atoms with Gasteiger partial charge in [0.05, 0.1) is 7.11 Å². The zero-order valence-electron chi connectivity index (χ0n) is 10.4. The lowest BCUT2D eigenvalue weighted by Gasteiger charge is -2.00. The maximum Gasteiger partial charge on any atom is 0.354 e. The predicted molar refractivity (Wildman–Crippen MR) is 72.9 cm³/mol. The Kier molecular flexibility index (Phi) is 2.76. The first kappa shape index (κ1) is 11.5. The van der Waals surface area contributed by atoms with E-state index < -0.39 is 0 Å². The molecule has 0 unspecified atom stereocenters. The number of benzene rings is 1. The molecule has 1 aromatic carbocycles. The van der Waals surface area contributed by atoms with Crippen LogP contribution in [-0.2, 0) is 4.74 Å². The van der Waals surface area contributed by atoms with Crippen LogP contribution in [0.4, 0.5) is 0 Å². The number of carbonyl (C=O) groups excluding carboxylic acids is 1. The van der Waals surface area contributed by atoms with Crippen molar-refractivity contribution in [3.8, 4) is 11.1 Å². The summed E-state index contributed by atoms with van der Waals surface area (Å²) in [4.78, 5) is 18.6. The first-order valence-electron chi connectivity index (χ1n) is 5.89. The zero-order chi connectivity index (χ0) is 13.2. The fourth-order valence-corrected chi connectivity index (χ4v) is 2.06. The summed E-state index contributed by atoms with van der Waals surface area (Å²) in [6, 6.07) is 11.7. The third kappa shape index (κ3) is 2.08. The largest absolute Gasteiger partial charge is 0.464 e. The van der Waals surface area contributed by atoms with Crippen molar-refractivity contribution in [2.24, 2.45) is 0 Å². The molecule has 2 heterocycles. The number of ether oxygens (including phenoxy) is 1. The van der Waals surface area contributed by atoms with Gasteiger partial charge in [-0.05, 0) is 23.8 Å². The minimum atomic E-state index is -0.362. The molecule has 0 amide bonds. The Balaban J connectivity index is 2.09. The number of nitrogens with zero attached hydrogens (tertiary/aromatic N) is 1. The number of hydrogen-bond donors (Lipinski definition) is 1. The summed E-state index contributed by atoms with van der Waals surface area (Å²) >= 11 is 0. The molecule has 94 valence electrons. The van der Waals surface area contributed by atoms with E-state index >= 15 is 0 Å². The van der Waals surface area contributed by atoms with Crippen LogP contribution in [-0.4, -0.2) is 23.0 Å². The normalized spacial score (nSPS) is 10.6. The summed E-state index contributed by atoms with van der Waals surface area (Å²) in [5, 5.41) is 0.980. The van der Waals surface area contributed by atoms with E-state index in [9.17, 15) is 4.79 Å². The number of aromatic nitrogens is 2. The van der Waals surface area contributed by atoms with Crippen molar-refractivity contribution in [2.75, 3.05) is 7.11 Å². The molecule has 0 saturated heterocycles. The second-order valence-electron chi connectivity index (χ2n) is 4.22. The van der Waals surface area contributed by atoms with Gasteiger partial charge in [-0.3, -0.25) is 4.98 Å². The van der Waals surface area contributed by atoms with Crippen LogP contribution in [0.25, 0.3) is 22.0 Å². The Morgan fingerprint density at radius 1 is 1.21 bits per heavy atom. The quantitative estimate of drug-likeness (QED) is 0.713. The first-order valence-corrected chi connectivity index (χ1v) is 5.89. The molecule has 0 aliphatic carbocycles. The molecule has 4 heteroatoms.